The molecule has 1 aromatic carbocycles. The summed E-state index contributed by atoms with van der Waals surface area (Å²) in [5, 5.41) is 20.6. The second-order valence-electron chi connectivity index (χ2n) is 4.47. The Morgan fingerprint density at radius 2 is 2.12 bits per heavy atom. The van der Waals surface area contributed by atoms with E-state index in [1.165, 1.54) is 18.2 Å². The lowest BCUT2D eigenvalue weighted by Gasteiger charge is -2.19. The maximum absolute atomic E-state index is 11.5. The first-order valence-corrected chi connectivity index (χ1v) is 5.05. The van der Waals surface area contributed by atoms with E-state index in [1.807, 2.05) is 6.07 Å². The van der Waals surface area contributed by atoms with E-state index in [0.717, 1.165) is 0 Å². The molecule has 0 spiro atoms. The zero-order valence-electron chi connectivity index (χ0n) is 9.94. The quantitative estimate of drug-likeness (QED) is 0.732. The van der Waals surface area contributed by atoms with E-state index in [1.54, 1.807) is 20.8 Å². The van der Waals surface area contributed by atoms with Crippen molar-refractivity contribution < 1.29 is 14.6 Å². The van der Waals surface area contributed by atoms with Crippen LogP contribution in [0.1, 0.15) is 26.3 Å². The molecule has 0 atom stereocenters. The van der Waals surface area contributed by atoms with Gasteiger partial charge in [0.15, 0.2) is 0 Å². The summed E-state index contributed by atoms with van der Waals surface area (Å²) in [5.74, 6) is -0.116. The van der Waals surface area contributed by atoms with Gasteiger partial charge in [0.2, 0.25) is 0 Å². The van der Waals surface area contributed by atoms with Crippen LogP contribution in [0.25, 0.3) is 0 Å². The van der Waals surface area contributed by atoms with E-state index in [0.29, 0.717) is 5.56 Å². The van der Waals surface area contributed by atoms with Gasteiger partial charge in [0.1, 0.15) is 11.4 Å². The molecule has 1 rings (SSSR count). The van der Waals surface area contributed by atoms with E-state index in [2.05, 4.69) is 5.32 Å². The van der Waals surface area contributed by atoms with Crippen LogP contribution in [-0.4, -0.2) is 16.8 Å². The highest BCUT2D eigenvalue weighted by molar-refractivity contribution is 5.87. The standard InChI is InChI=1S/C12H14N2O3/c1-12(2,3)17-11(16)14-9-6-8(7-13)4-5-10(9)15/h4-6,15H,1-3H3,(H,14,16). The summed E-state index contributed by atoms with van der Waals surface area (Å²) in [4.78, 5) is 11.5. The molecule has 0 heterocycles. The Morgan fingerprint density at radius 3 is 2.65 bits per heavy atom. The number of nitrogens with zero attached hydrogens (tertiary/aromatic N) is 1. The molecule has 2 N–H and O–H groups in total. The third kappa shape index (κ3) is 4.03. The predicted octanol–water partition coefficient (Wildman–Crippen LogP) is 2.61. The first kappa shape index (κ1) is 12.8. The van der Waals surface area contributed by atoms with Gasteiger partial charge in [-0.15, -0.1) is 0 Å². The number of carbonyl (C=O) groups excluding carboxylic acids is 1. The number of benzene rings is 1. The molecule has 0 aliphatic carbocycles. The van der Waals surface area contributed by atoms with Crippen molar-refractivity contribution in [3.63, 3.8) is 0 Å². The summed E-state index contributed by atoms with van der Waals surface area (Å²) < 4.78 is 5.03. The molecule has 0 saturated carbocycles. The number of nitrogens with one attached hydrogen (secondary N) is 1. The van der Waals surface area contributed by atoms with Crippen LogP contribution in [0.2, 0.25) is 0 Å². The average molecular weight is 234 g/mol. The van der Waals surface area contributed by atoms with Gasteiger partial charge in [-0.05, 0) is 39.0 Å². The molecule has 0 unspecified atom stereocenters. The summed E-state index contributed by atoms with van der Waals surface area (Å²) in [7, 11) is 0. The Kier molecular flexibility index (Phi) is 3.59. The maximum Gasteiger partial charge on any atom is 0.412 e. The molecule has 17 heavy (non-hydrogen) atoms. The highest BCUT2D eigenvalue weighted by Crippen LogP contribution is 2.24. The Hall–Kier alpha value is -2.22. The predicted molar refractivity (Wildman–Crippen MR) is 62.7 cm³/mol. The number of anilines is 1. The molecule has 5 heteroatoms. The maximum atomic E-state index is 11.5. The van der Waals surface area contributed by atoms with Gasteiger partial charge in [-0.2, -0.15) is 5.26 Å². The molecule has 0 aliphatic heterocycles. The second-order valence-corrected chi connectivity index (χ2v) is 4.47. The number of phenols is 1. The van der Waals surface area contributed by atoms with Gasteiger partial charge in [0.05, 0.1) is 17.3 Å². The molecule has 0 saturated heterocycles. The molecule has 0 aliphatic rings. The number of rotatable bonds is 1. The van der Waals surface area contributed by atoms with Gasteiger partial charge < -0.3 is 9.84 Å². The molecule has 0 radical (unpaired) electrons. The number of nitriles is 1. The summed E-state index contributed by atoms with van der Waals surface area (Å²) in [6, 6.07) is 6.08. The van der Waals surface area contributed by atoms with E-state index in [-0.39, 0.29) is 11.4 Å². The third-order valence-corrected chi connectivity index (χ3v) is 1.76. The third-order valence-electron chi connectivity index (χ3n) is 1.76. The monoisotopic (exact) mass is 234 g/mol. The van der Waals surface area contributed by atoms with Gasteiger partial charge in [-0.25, -0.2) is 4.79 Å². The van der Waals surface area contributed by atoms with Crippen molar-refractivity contribution in [3.05, 3.63) is 23.8 Å². The Balaban J connectivity index is 2.82. The van der Waals surface area contributed by atoms with E-state index in [4.69, 9.17) is 10.00 Å². The van der Waals surface area contributed by atoms with Crippen molar-refractivity contribution in [2.45, 2.75) is 26.4 Å². The lowest BCUT2D eigenvalue weighted by atomic mass is 10.2. The first-order valence-electron chi connectivity index (χ1n) is 5.05. The molecular weight excluding hydrogens is 220 g/mol. The molecule has 1 aromatic rings. The number of hydrogen-bond donors (Lipinski definition) is 2. The molecule has 0 aromatic heterocycles. The fourth-order valence-electron chi connectivity index (χ4n) is 1.12. The number of hydrogen-bond acceptors (Lipinski definition) is 4. The van der Waals surface area contributed by atoms with Crippen molar-refractivity contribution in [1.29, 1.82) is 5.26 Å². The van der Waals surface area contributed by atoms with Crippen molar-refractivity contribution in [2.75, 3.05) is 5.32 Å². The summed E-state index contributed by atoms with van der Waals surface area (Å²) >= 11 is 0. The largest absolute Gasteiger partial charge is 0.506 e. The molecule has 0 fully saturated rings. The van der Waals surface area contributed by atoms with Crippen LogP contribution in [0.3, 0.4) is 0 Å². The van der Waals surface area contributed by atoms with Crippen LogP contribution in [0.4, 0.5) is 10.5 Å². The molecule has 1 amide bonds. The number of phenolic OH excluding ortho intramolecular Hbond substituents is 1. The normalized spacial score (nSPS) is 10.5. The van der Waals surface area contributed by atoms with Crippen LogP contribution in [0, 0.1) is 11.3 Å². The van der Waals surface area contributed by atoms with Crippen molar-refractivity contribution in [1.82, 2.24) is 0 Å². The van der Waals surface area contributed by atoms with Gasteiger partial charge >= 0.3 is 6.09 Å². The number of amides is 1. The molecule has 5 nitrogen and oxygen atoms in total. The minimum atomic E-state index is -0.678. The summed E-state index contributed by atoms with van der Waals surface area (Å²) in [6.07, 6.45) is -0.678. The fourth-order valence-corrected chi connectivity index (χ4v) is 1.12. The van der Waals surface area contributed by atoms with Crippen molar-refractivity contribution in [2.24, 2.45) is 0 Å². The van der Waals surface area contributed by atoms with Crippen molar-refractivity contribution >= 4 is 11.8 Å². The summed E-state index contributed by atoms with van der Waals surface area (Å²) in [6.45, 7) is 5.20. The number of aromatic hydroxyl groups is 1. The minimum Gasteiger partial charge on any atom is -0.506 e. The first-order chi connectivity index (χ1) is 7.81. The van der Waals surface area contributed by atoms with Gasteiger partial charge in [0, 0.05) is 0 Å². The van der Waals surface area contributed by atoms with E-state index in [9.17, 15) is 9.90 Å². The van der Waals surface area contributed by atoms with Crippen LogP contribution in [-0.2, 0) is 4.74 Å². The lowest BCUT2D eigenvalue weighted by molar-refractivity contribution is 0.0635. The minimum absolute atomic E-state index is 0.116. The van der Waals surface area contributed by atoms with Crippen LogP contribution in [0.15, 0.2) is 18.2 Å². The Bertz CT molecular complexity index is 470. The second kappa shape index (κ2) is 4.74. The zero-order chi connectivity index (χ0) is 13.1. The van der Waals surface area contributed by atoms with Crippen LogP contribution >= 0.6 is 0 Å². The smallest absolute Gasteiger partial charge is 0.412 e. The number of ether oxygens (including phenoxy) is 1. The van der Waals surface area contributed by atoms with Gasteiger partial charge in [-0.3, -0.25) is 5.32 Å². The Morgan fingerprint density at radius 1 is 1.47 bits per heavy atom. The van der Waals surface area contributed by atoms with Gasteiger partial charge in [0.25, 0.3) is 0 Å². The fraction of sp³-hybridized carbons (Fsp3) is 0.333. The lowest BCUT2D eigenvalue weighted by Crippen LogP contribution is -2.27. The van der Waals surface area contributed by atoms with Crippen LogP contribution in [0.5, 0.6) is 5.75 Å². The Labute approximate surface area is 99.6 Å². The highest BCUT2D eigenvalue weighted by Gasteiger charge is 2.17. The molecule has 90 valence electrons. The topological polar surface area (TPSA) is 82.3 Å². The SMILES string of the molecule is CC(C)(C)OC(=O)Nc1cc(C#N)ccc1O. The zero-order valence-corrected chi connectivity index (χ0v) is 9.94. The molecular formula is C12H14N2O3. The van der Waals surface area contributed by atoms with E-state index < -0.39 is 11.7 Å². The van der Waals surface area contributed by atoms with Gasteiger partial charge in [-0.1, -0.05) is 0 Å². The average Bonchev–Trinajstić information content (AvgIpc) is 2.18. The van der Waals surface area contributed by atoms with E-state index >= 15 is 0 Å². The van der Waals surface area contributed by atoms with Crippen molar-refractivity contribution in [3.8, 4) is 11.8 Å². The number of carbonyl (C=O) groups is 1. The molecule has 0 bridgehead atoms. The van der Waals surface area contributed by atoms with Crippen LogP contribution < -0.4 is 5.32 Å². The highest BCUT2D eigenvalue weighted by atomic mass is 16.6. The summed E-state index contributed by atoms with van der Waals surface area (Å²) in [5.41, 5.74) is -0.126.